The van der Waals surface area contributed by atoms with Gasteiger partial charge >= 0.3 is 0 Å². The Morgan fingerprint density at radius 2 is 2.00 bits per heavy atom. The van der Waals surface area contributed by atoms with E-state index >= 15 is 0 Å². The lowest BCUT2D eigenvalue weighted by atomic mass is 9.97. The molecule has 2 aliphatic heterocycles. The molecule has 0 saturated carbocycles. The lowest BCUT2D eigenvalue weighted by Crippen LogP contribution is -2.20. The number of ketones is 1. The fourth-order valence-electron chi connectivity index (χ4n) is 1.95. The number of allylic oxidation sites excluding steroid dienone is 4. The van der Waals surface area contributed by atoms with Crippen LogP contribution in [-0.2, 0) is 0 Å². The fourth-order valence-corrected chi connectivity index (χ4v) is 1.95. The highest BCUT2D eigenvalue weighted by Crippen LogP contribution is 2.28. The number of hydroxylamine groups is 2. The molecule has 4 nitrogen and oxygen atoms in total. The first kappa shape index (κ1) is 10.7. The second-order valence-electron chi connectivity index (χ2n) is 3.95. The third-order valence-electron chi connectivity index (χ3n) is 2.84. The average molecular weight is 238 g/mol. The van der Waals surface area contributed by atoms with E-state index in [9.17, 15) is 10.0 Å². The summed E-state index contributed by atoms with van der Waals surface area (Å²) in [4.78, 5) is 16.6. The van der Waals surface area contributed by atoms with Gasteiger partial charge in [-0.2, -0.15) is 0 Å². The smallest absolute Gasteiger partial charge is 0.198 e. The van der Waals surface area contributed by atoms with Crippen molar-refractivity contribution in [2.75, 3.05) is 0 Å². The molecule has 1 N–H and O–H groups in total. The van der Waals surface area contributed by atoms with Gasteiger partial charge in [0.25, 0.3) is 0 Å². The highest BCUT2D eigenvalue weighted by atomic mass is 16.5. The first-order chi connectivity index (χ1) is 8.77. The van der Waals surface area contributed by atoms with Crippen LogP contribution in [0.1, 0.15) is 10.4 Å². The summed E-state index contributed by atoms with van der Waals surface area (Å²) < 4.78 is 0. The third-order valence-corrected chi connectivity index (χ3v) is 2.84. The molecule has 0 aliphatic carbocycles. The molecule has 1 aromatic rings. The number of carbonyl (C=O) groups excluding carboxylic acids is 1. The highest BCUT2D eigenvalue weighted by molar-refractivity contribution is 6.26. The van der Waals surface area contributed by atoms with Gasteiger partial charge in [0.2, 0.25) is 0 Å². The molecule has 0 saturated heterocycles. The lowest BCUT2D eigenvalue weighted by Gasteiger charge is -2.20. The molecular formula is C14H10N2O2. The predicted molar refractivity (Wildman–Crippen MR) is 67.9 cm³/mol. The number of nitrogens with zero attached hydrogens (tertiary/aromatic N) is 2. The van der Waals surface area contributed by atoms with Crippen molar-refractivity contribution < 1.29 is 10.0 Å². The van der Waals surface area contributed by atoms with Crippen molar-refractivity contribution in [1.82, 2.24) is 5.06 Å². The molecule has 0 aromatic heterocycles. The van der Waals surface area contributed by atoms with Gasteiger partial charge in [0.05, 0.1) is 17.0 Å². The summed E-state index contributed by atoms with van der Waals surface area (Å²) in [7, 11) is 0. The first-order valence-corrected chi connectivity index (χ1v) is 5.52. The Balaban J connectivity index is 2.14. The molecule has 2 heterocycles. The molecule has 4 heteroatoms. The topological polar surface area (TPSA) is 52.9 Å². The number of para-hydroxylation sites is 1. The number of aliphatic imine (C=N–C) groups is 1. The minimum absolute atomic E-state index is 0.130. The van der Waals surface area contributed by atoms with Crippen LogP contribution in [0.2, 0.25) is 0 Å². The molecule has 0 atom stereocenters. The summed E-state index contributed by atoms with van der Waals surface area (Å²) in [6.07, 6.45) is 8.09. The van der Waals surface area contributed by atoms with Crippen LogP contribution in [0.25, 0.3) is 0 Å². The van der Waals surface area contributed by atoms with E-state index in [1.165, 1.54) is 12.4 Å². The standard InChI is InChI=1S/C14H10N2O2/c17-14-10-5-1-2-6-12(10)15-9-11(14)13-7-3-4-8-16(13)18/h1-9,18H/b13-11+. The maximum atomic E-state index is 12.3. The van der Waals surface area contributed by atoms with E-state index in [0.29, 0.717) is 22.5 Å². The van der Waals surface area contributed by atoms with Gasteiger partial charge in [-0.3, -0.25) is 15.0 Å². The highest BCUT2D eigenvalue weighted by Gasteiger charge is 2.23. The maximum Gasteiger partial charge on any atom is 0.198 e. The summed E-state index contributed by atoms with van der Waals surface area (Å²) in [6.45, 7) is 0. The Bertz CT molecular complexity index is 639. The number of benzene rings is 1. The number of hydrogen-bond acceptors (Lipinski definition) is 4. The Hall–Kier alpha value is -2.46. The lowest BCUT2D eigenvalue weighted by molar-refractivity contribution is -0.000941. The third kappa shape index (κ3) is 1.59. The van der Waals surface area contributed by atoms with E-state index in [2.05, 4.69) is 4.99 Å². The van der Waals surface area contributed by atoms with Gasteiger partial charge in [-0.1, -0.05) is 18.2 Å². The minimum atomic E-state index is -0.130. The van der Waals surface area contributed by atoms with E-state index in [-0.39, 0.29) is 5.78 Å². The van der Waals surface area contributed by atoms with E-state index in [4.69, 9.17) is 0 Å². The van der Waals surface area contributed by atoms with E-state index in [0.717, 1.165) is 5.06 Å². The Labute approximate surface area is 104 Å². The van der Waals surface area contributed by atoms with E-state index in [1.54, 1.807) is 36.4 Å². The summed E-state index contributed by atoms with van der Waals surface area (Å²) in [5.74, 6) is -0.130. The summed E-state index contributed by atoms with van der Waals surface area (Å²) in [6, 6.07) is 7.16. The van der Waals surface area contributed by atoms with Gasteiger partial charge < -0.3 is 0 Å². The Morgan fingerprint density at radius 1 is 1.17 bits per heavy atom. The van der Waals surface area contributed by atoms with Gasteiger partial charge in [0.1, 0.15) is 0 Å². The predicted octanol–water partition coefficient (Wildman–Crippen LogP) is 2.61. The van der Waals surface area contributed by atoms with Crippen molar-refractivity contribution in [1.29, 1.82) is 0 Å². The van der Waals surface area contributed by atoms with Crippen molar-refractivity contribution in [3.05, 3.63) is 65.5 Å². The van der Waals surface area contributed by atoms with Crippen molar-refractivity contribution in [2.45, 2.75) is 0 Å². The molecule has 0 spiro atoms. The van der Waals surface area contributed by atoms with Crippen LogP contribution in [-0.4, -0.2) is 22.3 Å². The van der Waals surface area contributed by atoms with E-state index in [1.807, 2.05) is 6.07 Å². The zero-order valence-corrected chi connectivity index (χ0v) is 9.45. The Kier molecular flexibility index (Phi) is 2.42. The van der Waals surface area contributed by atoms with Gasteiger partial charge in [-0.15, -0.1) is 0 Å². The van der Waals surface area contributed by atoms with Crippen LogP contribution in [0.3, 0.4) is 0 Å². The van der Waals surface area contributed by atoms with Crippen LogP contribution in [0.4, 0.5) is 5.69 Å². The normalized spacial score (nSPS) is 21.4. The molecule has 1 aromatic carbocycles. The van der Waals surface area contributed by atoms with Crippen LogP contribution in [0, 0.1) is 0 Å². The van der Waals surface area contributed by atoms with Crippen LogP contribution in [0.15, 0.2) is 65.0 Å². The largest absolute Gasteiger partial charge is 0.288 e. The molecule has 2 aliphatic rings. The minimum Gasteiger partial charge on any atom is -0.288 e. The molecule has 0 radical (unpaired) electrons. The number of hydrogen-bond donors (Lipinski definition) is 1. The average Bonchev–Trinajstić information content (AvgIpc) is 2.41. The summed E-state index contributed by atoms with van der Waals surface area (Å²) >= 11 is 0. The summed E-state index contributed by atoms with van der Waals surface area (Å²) in [5, 5.41) is 10.6. The van der Waals surface area contributed by atoms with Crippen molar-refractivity contribution in [3.8, 4) is 0 Å². The molecule has 18 heavy (non-hydrogen) atoms. The molecular weight excluding hydrogens is 228 g/mol. The second-order valence-corrected chi connectivity index (χ2v) is 3.95. The van der Waals surface area contributed by atoms with Crippen molar-refractivity contribution in [3.63, 3.8) is 0 Å². The molecule has 3 rings (SSSR count). The molecule has 88 valence electrons. The van der Waals surface area contributed by atoms with E-state index < -0.39 is 0 Å². The second kappa shape index (κ2) is 4.09. The Morgan fingerprint density at radius 3 is 2.83 bits per heavy atom. The monoisotopic (exact) mass is 238 g/mol. The SMILES string of the molecule is O=C1/C(=C2\C=CC=CN2O)C=Nc2ccccc21. The molecule has 0 bridgehead atoms. The van der Waals surface area contributed by atoms with Gasteiger partial charge in [-0.05, 0) is 24.3 Å². The van der Waals surface area contributed by atoms with Gasteiger partial charge in [-0.25, -0.2) is 5.06 Å². The molecule has 0 fully saturated rings. The van der Waals surface area contributed by atoms with Crippen LogP contribution in [0.5, 0.6) is 0 Å². The number of fused-ring (bicyclic) bond motifs is 1. The van der Waals surface area contributed by atoms with Crippen LogP contribution < -0.4 is 0 Å². The first-order valence-electron chi connectivity index (χ1n) is 5.52. The number of Topliss-reactive ketones (excluding diaryl/α,β-unsaturated/α-hetero) is 1. The number of rotatable bonds is 0. The van der Waals surface area contributed by atoms with Gasteiger partial charge in [0.15, 0.2) is 5.78 Å². The van der Waals surface area contributed by atoms with Crippen molar-refractivity contribution in [2.24, 2.45) is 4.99 Å². The molecule has 0 unspecified atom stereocenters. The quantitative estimate of drug-likeness (QED) is 0.707. The fraction of sp³-hybridized carbons (Fsp3) is 0. The zero-order chi connectivity index (χ0) is 12.5. The zero-order valence-electron chi connectivity index (χ0n) is 9.45. The molecule has 0 amide bonds. The summed E-state index contributed by atoms with van der Waals surface area (Å²) in [5.41, 5.74) is 2.03. The van der Waals surface area contributed by atoms with Crippen molar-refractivity contribution >= 4 is 17.7 Å². The van der Waals surface area contributed by atoms with Crippen LogP contribution >= 0.6 is 0 Å². The number of carbonyl (C=O) groups is 1. The van der Waals surface area contributed by atoms with Gasteiger partial charge in [0, 0.05) is 18.0 Å². The maximum absolute atomic E-state index is 12.3.